The van der Waals surface area contributed by atoms with Gasteiger partial charge in [0.25, 0.3) is 0 Å². The molecule has 0 saturated carbocycles. The van der Waals surface area contributed by atoms with E-state index >= 15 is 0 Å². The molecule has 5 nitrogen and oxygen atoms in total. The van der Waals surface area contributed by atoms with E-state index in [1.165, 1.54) is 16.8 Å². The first-order valence-electron chi connectivity index (χ1n) is 9.47. The van der Waals surface area contributed by atoms with Crippen LogP contribution in [0.5, 0.6) is 0 Å². The van der Waals surface area contributed by atoms with Gasteiger partial charge in [-0.05, 0) is 36.8 Å². The molecule has 2 amide bonds. The second-order valence-electron chi connectivity index (χ2n) is 7.00. The van der Waals surface area contributed by atoms with Crippen molar-refractivity contribution in [3.8, 4) is 0 Å². The summed E-state index contributed by atoms with van der Waals surface area (Å²) >= 11 is 1.74. The zero-order valence-corrected chi connectivity index (χ0v) is 16.6. The molecule has 1 aliphatic rings. The highest BCUT2D eigenvalue weighted by atomic mass is 32.1. The lowest BCUT2D eigenvalue weighted by Gasteiger charge is -2.37. The second kappa shape index (κ2) is 8.24. The number of carbonyl (C=O) groups is 1. The van der Waals surface area contributed by atoms with Gasteiger partial charge in [-0.1, -0.05) is 24.3 Å². The fourth-order valence-electron chi connectivity index (χ4n) is 3.43. The van der Waals surface area contributed by atoms with Gasteiger partial charge in [-0.15, -0.1) is 11.3 Å². The fraction of sp³-hybridized carbons (Fsp3) is 0.333. The zero-order valence-electron chi connectivity index (χ0n) is 15.8. The van der Waals surface area contributed by atoms with Gasteiger partial charge in [0.2, 0.25) is 0 Å². The summed E-state index contributed by atoms with van der Waals surface area (Å²) < 4.78 is 14.2. The molecular weight excluding hydrogens is 375 g/mol. The topological polar surface area (TPSA) is 48.5 Å². The van der Waals surface area contributed by atoms with E-state index in [0.717, 1.165) is 29.2 Å². The highest BCUT2D eigenvalue weighted by molar-refractivity contribution is 7.18. The molecular formula is C21H23FN4OS. The molecule has 0 radical (unpaired) electrons. The van der Waals surface area contributed by atoms with Crippen molar-refractivity contribution in [1.82, 2.24) is 20.1 Å². The molecule has 0 bridgehead atoms. The number of amides is 2. The summed E-state index contributed by atoms with van der Waals surface area (Å²) in [7, 11) is 0. The lowest BCUT2D eigenvalue weighted by molar-refractivity contribution is 0.114. The van der Waals surface area contributed by atoms with Crippen molar-refractivity contribution in [2.24, 2.45) is 0 Å². The normalized spacial score (nSPS) is 16.3. The quantitative estimate of drug-likeness (QED) is 0.722. The number of fused-ring (bicyclic) bond motifs is 1. The van der Waals surface area contributed by atoms with Gasteiger partial charge < -0.3 is 10.2 Å². The van der Waals surface area contributed by atoms with E-state index in [-0.39, 0.29) is 17.9 Å². The maximum Gasteiger partial charge on any atom is 0.317 e. The van der Waals surface area contributed by atoms with Crippen LogP contribution in [-0.4, -0.2) is 47.0 Å². The summed E-state index contributed by atoms with van der Waals surface area (Å²) in [6, 6.07) is 14.6. The number of halogens is 1. The lowest BCUT2D eigenvalue weighted by atomic mass is 10.2. The summed E-state index contributed by atoms with van der Waals surface area (Å²) in [5, 5.41) is 4.04. The van der Waals surface area contributed by atoms with Crippen molar-refractivity contribution in [2.45, 2.75) is 19.5 Å². The summed E-state index contributed by atoms with van der Waals surface area (Å²) in [5.74, 6) is -0.270. The molecule has 0 aliphatic carbocycles. The first-order valence-corrected chi connectivity index (χ1v) is 10.3. The zero-order chi connectivity index (χ0) is 19.5. The highest BCUT2D eigenvalue weighted by Gasteiger charge is 2.26. The Morgan fingerprint density at radius 3 is 2.57 bits per heavy atom. The molecule has 146 valence electrons. The molecule has 1 aliphatic heterocycles. The SMILES string of the molecule is C[C@@H](c1nc2ccccc2s1)N1CCN(C(=O)NCc2ccc(F)cc2)CC1. The minimum atomic E-state index is -0.270. The number of hydrogen-bond donors (Lipinski definition) is 1. The van der Waals surface area contributed by atoms with Crippen molar-refractivity contribution in [3.63, 3.8) is 0 Å². The number of piperazine rings is 1. The Kier molecular flexibility index (Phi) is 5.54. The van der Waals surface area contributed by atoms with E-state index in [1.54, 1.807) is 23.5 Å². The summed E-state index contributed by atoms with van der Waals surface area (Å²) in [4.78, 5) is 21.4. The summed E-state index contributed by atoms with van der Waals surface area (Å²) in [6.07, 6.45) is 0. The van der Waals surface area contributed by atoms with Gasteiger partial charge >= 0.3 is 6.03 Å². The molecule has 1 N–H and O–H groups in total. The van der Waals surface area contributed by atoms with Gasteiger partial charge in [0, 0.05) is 32.7 Å². The Balaban J connectivity index is 1.29. The third-order valence-corrected chi connectivity index (χ3v) is 6.38. The van der Waals surface area contributed by atoms with Crippen LogP contribution in [0.3, 0.4) is 0 Å². The van der Waals surface area contributed by atoms with Crippen LogP contribution in [0, 0.1) is 5.82 Å². The number of hydrogen-bond acceptors (Lipinski definition) is 4. The molecule has 1 saturated heterocycles. The number of rotatable bonds is 4. The van der Waals surface area contributed by atoms with Crippen LogP contribution in [0.2, 0.25) is 0 Å². The number of carbonyl (C=O) groups excluding carboxylic acids is 1. The molecule has 2 heterocycles. The largest absolute Gasteiger partial charge is 0.334 e. The van der Waals surface area contributed by atoms with Gasteiger partial charge in [0.1, 0.15) is 10.8 Å². The van der Waals surface area contributed by atoms with Gasteiger partial charge in [-0.3, -0.25) is 4.90 Å². The Morgan fingerprint density at radius 2 is 1.86 bits per heavy atom. The molecule has 1 aromatic heterocycles. The number of nitrogens with one attached hydrogen (secondary N) is 1. The lowest BCUT2D eigenvalue weighted by Crippen LogP contribution is -2.52. The van der Waals surface area contributed by atoms with E-state index < -0.39 is 0 Å². The van der Waals surface area contributed by atoms with Crippen LogP contribution in [0.1, 0.15) is 23.5 Å². The molecule has 1 fully saturated rings. The van der Waals surface area contributed by atoms with Crippen molar-refractivity contribution >= 4 is 27.6 Å². The van der Waals surface area contributed by atoms with Crippen molar-refractivity contribution in [3.05, 3.63) is 64.9 Å². The highest BCUT2D eigenvalue weighted by Crippen LogP contribution is 2.29. The van der Waals surface area contributed by atoms with Crippen LogP contribution >= 0.6 is 11.3 Å². The van der Waals surface area contributed by atoms with E-state index in [1.807, 2.05) is 23.1 Å². The third kappa shape index (κ3) is 4.15. The van der Waals surface area contributed by atoms with Gasteiger partial charge in [-0.25, -0.2) is 14.2 Å². The smallest absolute Gasteiger partial charge is 0.317 e. The average molecular weight is 399 g/mol. The van der Waals surface area contributed by atoms with E-state index in [4.69, 9.17) is 4.98 Å². The Hall–Kier alpha value is -2.51. The first-order chi connectivity index (χ1) is 13.6. The van der Waals surface area contributed by atoms with Crippen LogP contribution < -0.4 is 5.32 Å². The Morgan fingerprint density at radius 1 is 1.14 bits per heavy atom. The third-order valence-electron chi connectivity index (χ3n) is 5.17. The van der Waals surface area contributed by atoms with Gasteiger partial charge in [0.05, 0.1) is 16.3 Å². The predicted molar refractivity (Wildman–Crippen MR) is 110 cm³/mol. The van der Waals surface area contributed by atoms with Gasteiger partial charge in [-0.2, -0.15) is 0 Å². The summed E-state index contributed by atoms with van der Waals surface area (Å²) in [5.41, 5.74) is 1.94. The Bertz CT molecular complexity index is 917. The number of thiazole rings is 1. The van der Waals surface area contributed by atoms with Crippen LogP contribution in [-0.2, 0) is 6.54 Å². The Labute approximate surface area is 167 Å². The second-order valence-corrected chi connectivity index (χ2v) is 8.07. The van der Waals surface area contributed by atoms with Crippen molar-refractivity contribution in [2.75, 3.05) is 26.2 Å². The molecule has 28 heavy (non-hydrogen) atoms. The maximum absolute atomic E-state index is 13.0. The molecule has 0 unspecified atom stereocenters. The molecule has 3 aromatic rings. The molecule has 0 spiro atoms. The molecule has 4 rings (SSSR count). The van der Waals surface area contributed by atoms with Crippen LogP contribution in [0.25, 0.3) is 10.2 Å². The first kappa shape index (κ1) is 18.8. The molecule has 2 aromatic carbocycles. The maximum atomic E-state index is 13.0. The van der Waals surface area contributed by atoms with E-state index in [9.17, 15) is 9.18 Å². The number of aromatic nitrogens is 1. The number of benzene rings is 2. The average Bonchev–Trinajstić information content (AvgIpc) is 3.17. The minimum absolute atomic E-state index is 0.0726. The van der Waals surface area contributed by atoms with Gasteiger partial charge in [0.15, 0.2) is 0 Å². The molecule has 7 heteroatoms. The summed E-state index contributed by atoms with van der Waals surface area (Å²) in [6.45, 7) is 5.60. The van der Waals surface area contributed by atoms with Crippen molar-refractivity contribution in [1.29, 1.82) is 0 Å². The monoisotopic (exact) mass is 398 g/mol. The number of para-hydroxylation sites is 1. The van der Waals surface area contributed by atoms with E-state index in [0.29, 0.717) is 19.6 Å². The number of nitrogens with zero attached hydrogens (tertiary/aromatic N) is 3. The standard InChI is InChI=1S/C21H23FN4OS/c1-15(20-24-18-4-2-3-5-19(18)28-20)25-10-12-26(13-11-25)21(27)23-14-16-6-8-17(22)9-7-16/h2-9,15H,10-14H2,1H3,(H,23,27)/t15-/m0/s1. The van der Waals surface area contributed by atoms with Crippen LogP contribution in [0.15, 0.2) is 48.5 Å². The fourth-order valence-corrected chi connectivity index (χ4v) is 4.48. The van der Waals surface area contributed by atoms with E-state index in [2.05, 4.69) is 23.2 Å². The van der Waals surface area contributed by atoms with Crippen molar-refractivity contribution < 1.29 is 9.18 Å². The van der Waals surface area contributed by atoms with Crippen LogP contribution in [0.4, 0.5) is 9.18 Å². The minimum Gasteiger partial charge on any atom is -0.334 e. The molecule has 1 atom stereocenters. The predicted octanol–water partition coefficient (Wildman–Crippen LogP) is 4.02. The number of urea groups is 1.